The molecular weight excluding hydrogens is 240 g/mol. The Morgan fingerprint density at radius 2 is 2.00 bits per heavy atom. The molecule has 102 valence electrons. The van der Waals surface area contributed by atoms with Gasteiger partial charge in [0.25, 0.3) is 0 Å². The average Bonchev–Trinajstić information content (AvgIpc) is 2.62. The molecule has 0 aliphatic heterocycles. The first-order chi connectivity index (χ1) is 8.87. The van der Waals surface area contributed by atoms with Crippen LogP contribution in [0.25, 0.3) is 11.0 Å². The van der Waals surface area contributed by atoms with E-state index >= 15 is 0 Å². The SMILES string of the molecule is Cn1c(CNC(=O)NC(C)(C)C)nc2ccccc21. The smallest absolute Gasteiger partial charge is 0.315 e. The van der Waals surface area contributed by atoms with E-state index in [4.69, 9.17) is 0 Å². The topological polar surface area (TPSA) is 59.0 Å². The number of para-hydroxylation sites is 2. The third-order valence-electron chi connectivity index (χ3n) is 2.78. The Morgan fingerprint density at radius 3 is 2.63 bits per heavy atom. The van der Waals surface area contributed by atoms with Crippen LogP contribution in [0.3, 0.4) is 0 Å². The number of hydrogen-bond acceptors (Lipinski definition) is 2. The van der Waals surface area contributed by atoms with Gasteiger partial charge in [0.2, 0.25) is 0 Å². The molecule has 0 bridgehead atoms. The van der Waals surface area contributed by atoms with Crippen molar-refractivity contribution in [1.29, 1.82) is 0 Å². The molecule has 0 atom stereocenters. The molecule has 0 spiro atoms. The maximum absolute atomic E-state index is 11.7. The molecule has 0 unspecified atom stereocenters. The summed E-state index contributed by atoms with van der Waals surface area (Å²) >= 11 is 0. The zero-order valence-electron chi connectivity index (χ0n) is 11.8. The molecule has 0 fully saturated rings. The highest BCUT2D eigenvalue weighted by Crippen LogP contribution is 2.13. The number of rotatable bonds is 2. The van der Waals surface area contributed by atoms with E-state index in [1.165, 1.54) is 0 Å². The summed E-state index contributed by atoms with van der Waals surface area (Å²) in [5, 5.41) is 5.68. The number of carbonyl (C=O) groups excluding carboxylic acids is 1. The molecule has 0 aliphatic carbocycles. The number of benzene rings is 1. The maximum atomic E-state index is 11.7. The van der Waals surface area contributed by atoms with Crippen LogP contribution in [0, 0.1) is 0 Å². The van der Waals surface area contributed by atoms with Crippen LogP contribution >= 0.6 is 0 Å². The van der Waals surface area contributed by atoms with Gasteiger partial charge in [-0.15, -0.1) is 0 Å². The van der Waals surface area contributed by atoms with Crippen LogP contribution in [0.1, 0.15) is 26.6 Å². The van der Waals surface area contributed by atoms with E-state index in [0.717, 1.165) is 16.9 Å². The van der Waals surface area contributed by atoms with Crippen molar-refractivity contribution in [1.82, 2.24) is 20.2 Å². The molecule has 5 nitrogen and oxygen atoms in total. The lowest BCUT2D eigenvalue weighted by Gasteiger charge is -2.20. The third kappa shape index (κ3) is 3.24. The van der Waals surface area contributed by atoms with Gasteiger partial charge in [-0.05, 0) is 32.9 Å². The van der Waals surface area contributed by atoms with Gasteiger partial charge < -0.3 is 15.2 Å². The fourth-order valence-electron chi connectivity index (χ4n) is 1.90. The van der Waals surface area contributed by atoms with Gasteiger partial charge in [0, 0.05) is 12.6 Å². The third-order valence-corrected chi connectivity index (χ3v) is 2.78. The van der Waals surface area contributed by atoms with Crippen LogP contribution in [-0.2, 0) is 13.6 Å². The summed E-state index contributed by atoms with van der Waals surface area (Å²) in [6.07, 6.45) is 0. The van der Waals surface area contributed by atoms with Gasteiger partial charge in [0.1, 0.15) is 5.82 Å². The normalized spacial score (nSPS) is 11.6. The molecule has 2 amide bonds. The molecule has 1 heterocycles. The van der Waals surface area contributed by atoms with Crippen LogP contribution in [0.2, 0.25) is 0 Å². The monoisotopic (exact) mass is 260 g/mol. The zero-order valence-corrected chi connectivity index (χ0v) is 11.8. The first-order valence-electron chi connectivity index (χ1n) is 6.33. The average molecular weight is 260 g/mol. The van der Waals surface area contributed by atoms with E-state index in [9.17, 15) is 4.79 Å². The van der Waals surface area contributed by atoms with Crippen molar-refractivity contribution in [2.75, 3.05) is 0 Å². The van der Waals surface area contributed by atoms with E-state index in [2.05, 4.69) is 15.6 Å². The number of nitrogens with one attached hydrogen (secondary N) is 2. The number of carbonyl (C=O) groups is 1. The summed E-state index contributed by atoms with van der Waals surface area (Å²) in [4.78, 5) is 16.2. The summed E-state index contributed by atoms with van der Waals surface area (Å²) in [6.45, 7) is 6.25. The number of imidazole rings is 1. The van der Waals surface area contributed by atoms with Gasteiger partial charge in [-0.3, -0.25) is 0 Å². The molecule has 0 aliphatic rings. The van der Waals surface area contributed by atoms with Crippen molar-refractivity contribution >= 4 is 17.1 Å². The Morgan fingerprint density at radius 1 is 1.32 bits per heavy atom. The van der Waals surface area contributed by atoms with Crippen molar-refractivity contribution in [3.05, 3.63) is 30.1 Å². The summed E-state index contributed by atoms with van der Waals surface area (Å²) < 4.78 is 1.99. The van der Waals surface area contributed by atoms with Gasteiger partial charge in [-0.25, -0.2) is 9.78 Å². The lowest BCUT2D eigenvalue weighted by Crippen LogP contribution is -2.46. The minimum absolute atomic E-state index is 0.181. The van der Waals surface area contributed by atoms with E-state index in [-0.39, 0.29) is 11.6 Å². The molecule has 5 heteroatoms. The molecular formula is C14H20N4O. The number of aromatic nitrogens is 2. The Labute approximate surface area is 113 Å². The molecule has 2 N–H and O–H groups in total. The van der Waals surface area contributed by atoms with Gasteiger partial charge in [0.15, 0.2) is 0 Å². The maximum Gasteiger partial charge on any atom is 0.315 e. The van der Waals surface area contributed by atoms with Gasteiger partial charge in [0.05, 0.1) is 17.6 Å². The number of aryl methyl sites for hydroxylation is 1. The predicted octanol–water partition coefficient (Wildman–Crippen LogP) is 2.17. The minimum atomic E-state index is -0.240. The Hall–Kier alpha value is -2.04. The van der Waals surface area contributed by atoms with Crippen molar-refractivity contribution in [2.24, 2.45) is 7.05 Å². The van der Waals surface area contributed by atoms with Crippen molar-refractivity contribution in [2.45, 2.75) is 32.9 Å². The summed E-state index contributed by atoms with van der Waals surface area (Å²) in [6, 6.07) is 7.74. The number of nitrogens with zero attached hydrogens (tertiary/aromatic N) is 2. The van der Waals surface area contributed by atoms with Gasteiger partial charge >= 0.3 is 6.03 Å². The Kier molecular flexibility index (Phi) is 3.46. The summed E-state index contributed by atoms with van der Waals surface area (Å²) in [5.41, 5.74) is 1.77. The lowest BCUT2D eigenvalue weighted by atomic mass is 10.1. The van der Waals surface area contributed by atoms with E-state index in [1.54, 1.807) is 0 Å². The first kappa shape index (κ1) is 13.4. The fraction of sp³-hybridized carbons (Fsp3) is 0.429. The van der Waals surface area contributed by atoms with E-state index in [0.29, 0.717) is 6.54 Å². The number of hydrogen-bond donors (Lipinski definition) is 2. The molecule has 0 saturated carbocycles. The quantitative estimate of drug-likeness (QED) is 0.869. The Balaban J connectivity index is 2.06. The number of fused-ring (bicyclic) bond motifs is 1. The van der Waals surface area contributed by atoms with Crippen molar-refractivity contribution in [3.8, 4) is 0 Å². The lowest BCUT2D eigenvalue weighted by molar-refractivity contribution is 0.231. The van der Waals surface area contributed by atoms with Crippen LogP contribution in [0.5, 0.6) is 0 Å². The second-order valence-electron chi connectivity index (χ2n) is 5.63. The number of amides is 2. The van der Waals surface area contributed by atoms with E-state index < -0.39 is 0 Å². The molecule has 1 aromatic heterocycles. The summed E-state index contributed by atoms with van der Waals surface area (Å²) in [7, 11) is 1.95. The number of urea groups is 1. The zero-order chi connectivity index (χ0) is 14.0. The van der Waals surface area contributed by atoms with Crippen molar-refractivity contribution < 1.29 is 4.79 Å². The second kappa shape index (κ2) is 4.91. The molecule has 1 aromatic carbocycles. The molecule has 2 aromatic rings. The minimum Gasteiger partial charge on any atom is -0.334 e. The first-order valence-corrected chi connectivity index (χ1v) is 6.33. The van der Waals surface area contributed by atoms with Crippen LogP contribution < -0.4 is 10.6 Å². The molecule has 2 rings (SSSR count). The summed E-state index contributed by atoms with van der Waals surface area (Å²) in [5.74, 6) is 0.838. The van der Waals surface area contributed by atoms with Gasteiger partial charge in [-0.2, -0.15) is 0 Å². The van der Waals surface area contributed by atoms with Crippen LogP contribution in [0.15, 0.2) is 24.3 Å². The Bertz CT molecular complexity index is 595. The fourth-order valence-corrected chi connectivity index (χ4v) is 1.90. The van der Waals surface area contributed by atoms with Crippen LogP contribution in [-0.4, -0.2) is 21.1 Å². The molecule has 0 radical (unpaired) electrons. The largest absolute Gasteiger partial charge is 0.334 e. The van der Waals surface area contributed by atoms with E-state index in [1.807, 2.05) is 56.7 Å². The van der Waals surface area contributed by atoms with Crippen molar-refractivity contribution in [3.63, 3.8) is 0 Å². The molecule has 19 heavy (non-hydrogen) atoms. The standard InChI is InChI=1S/C14H20N4O/c1-14(2,3)17-13(19)15-9-12-16-10-7-5-6-8-11(10)18(12)4/h5-8H,9H2,1-4H3,(H2,15,17,19). The highest BCUT2D eigenvalue weighted by atomic mass is 16.2. The van der Waals surface area contributed by atoms with Gasteiger partial charge in [-0.1, -0.05) is 12.1 Å². The predicted molar refractivity (Wildman–Crippen MR) is 75.8 cm³/mol. The molecule has 0 saturated heterocycles. The highest BCUT2D eigenvalue weighted by Gasteiger charge is 2.14. The second-order valence-corrected chi connectivity index (χ2v) is 5.63. The van der Waals surface area contributed by atoms with Crippen LogP contribution in [0.4, 0.5) is 4.79 Å². The highest BCUT2D eigenvalue weighted by molar-refractivity contribution is 5.76.